The van der Waals surface area contributed by atoms with Gasteiger partial charge in [-0.25, -0.2) is 4.79 Å². The second kappa shape index (κ2) is 13.0. The van der Waals surface area contributed by atoms with E-state index in [-0.39, 0.29) is 35.5 Å². The fraction of sp³-hybridized carbons (Fsp3) is 0.743. The summed E-state index contributed by atoms with van der Waals surface area (Å²) < 4.78 is 18.3. The van der Waals surface area contributed by atoms with Crippen LogP contribution in [0.2, 0.25) is 0 Å². The largest absolute Gasteiger partial charge is 0.487 e. The van der Waals surface area contributed by atoms with Gasteiger partial charge in [-0.1, -0.05) is 46.5 Å². The van der Waals surface area contributed by atoms with Crippen LogP contribution >= 0.6 is 0 Å². The molecule has 1 heterocycles. The number of ketones is 1. The Bertz CT molecular complexity index is 1140. The predicted molar refractivity (Wildman–Crippen MR) is 166 cm³/mol. The van der Waals surface area contributed by atoms with Crippen molar-refractivity contribution < 1.29 is 28.6 Å². The normalized spacial score (nSPS) is 20.2. The van der Waals surface area contributed by atoms with E-state index in [1.54, 1.807) is 0 Å². The van der Waals surface area contributed by atoms with Gasteiger partial charge in [-0.2, -0.15) is 0 Å². The first kappa shape index (κ1) is 33.9. The van der Waals surface area contributed by atoms with Gasteiger partial charge >= 0.3 is 12.1 Å². The van der Waals surface area contributed by atoms with Crippen LogP contribution in [0.4, 0.5) is 4.79 Å². The molecule has 3 rings (SSSR count). The maximum Gasteiger partial charge on any atom is 0.407 e. The Labute approximate surface area is 253 Å². The molecule has 0 aromatic heterocycles. The SMILES string of the molecule is CCCCCCC(C)(C)c1cc(OC(=O)C(C)(C)CCNC(=O)OC(C)(C)C)c2c(c1)OC(C)(C)C1CCC(=O)CC21. The maximum absolute atomic E-state index is 13.7. The summed E-state index contributed by atoms with van der Waals surface area (Å²) in [5.74, 6) is 1.18. The number of hydrogen-bond acceptors (Lipinski definition) is 6. The molecule has 0 bridgehead atoms. The van der Waals surface area contributed by atoms with E-state index in [1.165, 1.54) is 19.3 Å². The average Bonchev–Trinajstić information content (AvgIpc) is 2.84. The van der Waals surface area contributed by atoms with Crippen molar-refractivity contribution in [3.05, 3.63) is 23.3 Å². The Balaban J connectivity index is 1.93. The third-order valence-corrected chi connectivity index (χ3v) is 9.02. The third-order valence-electron chi connectivity index (χ3n) is 9.02. The molecule has 1 aliphatic carbocycles. The van der Waals surface area contributed by atoms with Crippen molar-refractivity contribution in [3.8, 4) is 11.5 Å². The number of carbonyl (C=O) groups excluding carboxylic acids is 3. The Kier molecular flexibility index (Phi) is 10.5. The molecule has 1 N–H and O–H groups in total. The third kappa shape index (κ3) is 8.50. The zero-order chi connectivity index (χ0) is 31.5. The summed E-state index contributed by atoms with van der Waals surface area (Å²) in [4.78, 5) is 38.5. The van der Waals surface area contributed by atoms with Crippen molar-refractivity contribution in [1.29, 1.82) is 0 Å². The van der Waals surface area contributed by atoms with Gasteiger partial charge in [0, 0.05) is 36.8 Å². The zero-order valence-corrected chi connectivity index (χ0v) is 27.8. The number of esters is 1. The van der Waals surface area contributed by atoms with E-state index in [0.717, 1.165) is 36.1 Å². The van der Waals surface area contributed by atoms with Crippen LogP contribution in [0, 0.1) is 11.3 Å². The Morgan fingerprint density at radius 1 is 1.02 bits per heavy atom. The van der Waals surface area contributed by atoms with Crippen LogP contribution in [0.3, 0.4) is 0 Å². The van der Waals surface area contributed by atoms with Gasteiger partial charge in [0.15, 0.2) is 0 Å². The highest BCUT2D eigenvalue weighted by Crippen LogP contribution is 2.55. The van der Waals surface area contributed by atoms with Crippen LogP contribution in [0.15, 0.2) is 12.1 Å². The second-order valence-corrected chi connectivity index (χ2v) is 15.2. The quantitative estimate of drug-likeness (QED) is 0.159. The van der Waals surface area contributed by atoms with E-state index in [2.05, 4.69) is 46.0 Å². The lowest BCUT2D eigenvalue weighted by molar-refractivity contribution is -0.144. The first-order valence-corrected chi connectivity index (χ1v) is 15.9. The Morgan fingerprint density at radius 3 is 2.36 bits per heavy atom. The van der Waals surface area contributed by atoms with Crippen molar-refractivity contribution in [2.45, 2.75) is 150 Å². The molecule has 0 saturated heterocycles. The molecule has 1 aliphatic heterocycles. The molecule has 2 unspecified atom stereocenters. The number of amides is 1. The van der Waals surface area contributed by atoms with E-state index in [4.69, 9.17) is 14.2 Å². The van der Waals surface area contributed by atoms with Crippen molar-refractivity contribution in [2.24, 2.45) is 11.3 Å². The van der Waals surface area contributed by atoms with E-state index in [9.17, 15) is 14.4 Å². The second-order valence-electron chi connectivity index (χ2n) is 15.2. The van der Waals surface area contributed by atoms with Gasteiger partial charge in [0.05, 0.1) is 5.41 Å². The predicted octanol–water partition coefficient (Wildman–Crippen LogP) is 8.40. The van der Waals surface area contributed by atoms with Crippen LogP contribution < -0.4 is 14.8 Å². The Morgan fingerprint density at radius 2 is 1.71 bits per heavy atom. The van der Waals surface area contributed by atoms with Gasteiger partial charge in [0.2, 0.25) is 0 Å². The highest BCUT2D eigenvalue weighted by molar-refractivity contribution is 5.82. The summed E-state index contributed by atoms with van der Waals surface area (Å²) in [6.07, 6.45) is 7.33. The highest BCUT2D eigenvalue weighted by atomic mass is 16.6. The van der Waals surface area contributed by atoms with E-state index >= 15 is 0 Å². The minimum Gasteiger partial charge on any atom is -0.487 e. The molecule has 1 aromatic rings. The standard InChI is InChI=1S/C35H55NO6/c1-11-12-13-14-17-33(5,6)23-20-27(40-30(38)34(7,8)18-19-36-31(39)42-32(2,3)4)29-25-22-24(37)15-16-26(25)35(9,10)41-28(29)21-23/h20-21,25-26H,11-19,22H2,1-10H3,(H,36,39). The first-order valence-electron chi connectivity index (χ1n) is 15.9. The van der Waals surface area contributed by atoms with Gasteiger partial charge in [-0.05, 0) is 90.8 Å². The van der Waals surface area contributed by atoms with E-state index in [1.807, 2.05) is 40.7 Å². The summed E-state index contributed by atoms with van der Waals surface area (Å²) >= 11 is 0. The van der Waals surface area contributed by atoms with Crippen LogP contribution in [-0.2, 0) is 19.7 Å². The topological polar surface area (TPSA) is 90.9 Å². The smallest absolute Gasteiger partial charge is 0.407 e. The maximum atomic E-state index is 13.7. The number of Topliss-reactive ketones (excluding diaryl/α,β-unsaturated/α-hetero) is 1. The molecule has 42 heavy (non-hydrogen) atoms. The molecule has 1 fully saturated rings. The minimum absolute atomic E-state index is 0.0635. The molecular formula is C35H55NO6. The summed E-state index contributed by atoms with van der Waals surface area (Å²) in [6, 6.07) is 4.14. The number of nitrogens with one attached hydrogen (secondary N) is 1. The van der Waals surface area contributed by atoms with Gasteiger partial charge in [-0.3, -0.25) is 9.59 Å². The molecule has 2 atom stereocenters. The molecule has 236 valence electrons. The summed E-state index contributed by atoms with van der Waals surface area (Å²) in [5, 5.41) is 2.75. The lowest BCUT2D eigenvalue weighted by atomic mass is 9.66. The number of alkyl carbamates (subject to hydrolysis) is 1. The van der Waals surface area contributed by atoms with Crippen LogP contribution in [-0.4, -0.2) is 35.6 Å². The monoisotopic (exact) mass is 585 g/mol. The minimum atomic E-state index is -0.871. The summed E-state index contributed by atoms with van der Waals surface area (Å²) in [7, 11) is 0. The number of ether oxygens (including phenoxy) is 3. The molecule has 2 aliphatic rings. The first-order chi connectivity index (χ1) is 19.4. The number of fused-ring (bicyclic) bond motifs is 3. The van der Waals surface area contributed by atoms with Crippen molar-refractivity contribution >= 4 is 17.8 Å². The summed E-state index contributed by atoms with van der Waals surface area (Å²) in [5.41, 5.74) is -0.138. The van der Waals surface area contributed by atoms with Crippen molar-refractivity contribution in [3.63, 3.8) is 0 Å². The molecular weight excluding hydrogens is 530 g/mol. The molecule has 1 amide bonds. The fourth-order valence-corrected chi connectivity index (χ4v) is 6.30. The fourth-order valence-electron chi connectivity index (χ4n) is 6.30. The number of carbonyl (C=O) groups is 3. The van der Waals surface area contributed by atoms with E-state index in [0.29, 0.717) is 25.0 Å². The van der Waals surface area contributed by atoms with Crippen molar-refractivity contribution in [2.75, 3.05) is 6.54 Å². The van der Waals surface area contributed by atoms with Crippen LogP contribution in [0.25, 0.3) is 0 Å². The van der Waals surface area contributed by atoms with E-state index < -0.39 is 22.7 Å². The average molecular weight is 586 g/mol. The van der Waals surface area contributed by atoms with Gasteiger partial charge < -0.3 is 19.5 Å². The van der Waals surface area contributed by atoms with Gasteiger partial charge in [0.1, 0.15) is 28.5 Å². The summed E-state index contributed by atoms with van der Waals surface area (Å²) in [6.45, 7) is 20.3. The molecule has 1 aromatic carbocycles. The van der Waals surface area contributed by atoms with Crippen LogP contribution in [0.1, 0.15) is 144 Å². The van der Waals surface area contributed by atoms with Gasteiger partial charge in [0.25, 0.3) is 0 Å². The van der Waals surface area contributed by atoms with Crippen LogP contribution in [0.5, 0.6) is 11.5 Å². The molecule has 7 nitrogen and oxygen atoms in total. The molecule has 0 radical (unpaired) electrons. The number of unbranched alkanes of at least 4 members (excludes halogenated alkanes) is 3. The van der Waals surface area contributed by atoms with Crippen molar-refractivity contribution in [1.82, 2.24) is 5.32 Å². The van der Waals surface area contributed by atoms with Gasteiger partial charge in [-0.15, -0.1) is 0 Å². The highest BCUT2D eigenvalue weighted by Gasteiger charge is 2.48. The zero-order valence-electron chi connectivity index (χ0n) is 27.8. The Hall–Kier alpha value is -2.57. The molecule has 7 heteroatoms. The molecule has 0 spiro atoms. The number of rotatable bonds is 11. The number of hydrogen-bond donors (Lipinski definition) is 1. The lowest BCUT2D eigenvalue weighted by Gasteiger charge is -2.47. The number of benzene rings is 1. The molecule has 1 saturated carbocycles. The lowest BCUT2D eigenvalue weighted by Crippen LogP contribution is -2.47.